The molecule has 1 fully saturated rings. The molecule has 1 aliphatic rings. The van der Waals surface area contributed by atoms with Crippen molar-refractivity contribution in [1.29, 1.82) is 5.26 Å². The van der Waals surface area contributed by atoms with Crippen LogP contribution in [0.2, 0.25) is 0 Å². The molecule has 0 aromatic carbocycles. The van der Waals surface area contributed by atoms with Crippen molar-refractivity contribution in [2.24, 2.45) is 5.41 Å². The van der Waals surface area contributed by atoms with Crippen LogP contribution in [0.4, 0.5) is 0 Å². The van der Waals surface area contributed by atoms with Gasteiger partial charge in [-0.25, -0.2) is 0 Å². The van der Waals surface area contributed by atoms with E-state index in [1.165, 1.54) is 6.42 Å². The lowest BCUT2D eigenvalue weighted by molar-refractivity contribution is -0.141. The van der Waals surface area contributed by atoms with Crippen molar-refractivity contribution >= 4 is 5.91 Å². The Hall–Kier alpha value is -1.04. The number of hydrogen-bond acceptors (Lipinski definition) is 2. The maximum atomic E-state index is 12.1. The Morgan fingerprint density at radius 1 is 1.40 bits per heavy atom. The molecule has 0 atom stereocenters. The largest absolute Gasteiger partial charge is 0.344 e. The second-order valence-corrected chi connectivity index (χ2v) is 4.76. The molecular formula is C12H20N2O. The van der Waals surface area contributed by atoms with E-state index in [0.29, 0.717) is 13.0 Å². The third kappa shape index (κ3) is 2.95. The molecule has 0 aliphatic heterocycles. The maximum absolute atomic E-state index is 12.1. The quantitative estimate of drug-likeness (QED) is 0.714. The van der Waals surface area contributed by atoms with Crippen molar-refractivity contribution < 1.29 is 4.79 Å². The van der Waals surface area contributed by atoms with Crippen LogP contribution in [0.1, 0.15) is 45.4 Å². The highest BCUT2D eigenvalue weighted by molar-refractivity contribution is 5.82. The highest BCUT2D eigenvalue weighted by Gasteiger charge is 2.36. The van der Waals surface area contributed by atoms with Crippen LogP contribution in [0.25, 0.3) is 0 Å². The molecule has 1 aliphatic carbocycles. The van der Waals surface area contributed by atoms with E-state index in [1.807, 2.05) is 0 Å². The zero-order valence-corrected chi connectivity index (χ0v) is 9.75. The molecule has 0 aromatic rings. The summed E-state index contributed by atoms with van der Waals surface area (Å²) in [4.78, 5) is 13.9. The third-order valence-electron chi connectivity index (χ3n) is 3.38. The van der Waals surface area contributed by atoms with Gasteiger partial charge in [-0.05, 0) is 12.8 Å². The molecule has 1 amide bonds. The van der Waals surface area contributed by atoms with E-state index in [-0.39, 0.29) is 11.3 Å². The minimum Gasteiger partial charge on any atom is -0.344 e. The fourth-order valence-corrected chi connectivity index (χ4v) is 2.33. The molecular weight excluding hydrogens is 188 g/mol. The lowest BCUT2D eigenvalue weighted by Gasteiger charge is -2.35. The summed E-state index contributed by atoms with van der Waals surface area (Å²) in [6, 6.07) is 2.08. The summed E-state index contributed by atoms with van der Waals surface area (Å²) in [6.07, 6.45) is 6.01. The van der Waals surface area contributed by atoms with E-state index in [9.17, 15) is 4.79 Å². The number of hydrogen-bond donors (Lipinski definition) is 0. The van der Waals surface area contributed by atoms with Crippen LogP contribution < -0.4 is 0 Å². The molecule has 0 spiro atoms. The number of carbonyl (C=O) groups excluding carboxylic acids is 1. The minimum absolute atomic E-state index is 0.164. The van der Waals surface area contributed by atoms with Crippen LogP contribution in [0.5, 0.6) is 0 Å². The van der Waals surface area contributed by atoms with E-state index < -0.39 is 0 Å². The lowest BCUT2D eigenvalue weighted by Crippen LogP contribution is -2.41. The third-order valence-corrected chi connectivity index (χ3v) is 3.38. The zero-order chi connectivity index (χ0) is 11.3. The van der Waals surface area contributed by atoms with Crippen molar-refractivity contribution in [1.82, 2.24) is 4.90 Å². The molecule has 0 saturated heterocycles. The second-order valence-electron chi connectivity index (χ2n) is 4.76. The van der Waals surface area contributed by atoms with Crippen molar-refractivity contribution in [3.05, 3.63) is 0 Å². The fourth-order valence-electron chi connectivity index (χ4n) is 2.33. The number of nitrogens with zero attached hydrogens (tertiary/aromatic N) is 2. The smallest absolute Gasteiger partial charge is 0.228 e. The lowest BCUT2D eigenvalue weighted by atomic mass is 9.75. The summed E-state index contributed by atoms with van der Waals surface area (Å²) in [7, 11) is 1.81. The Labute approximate surface area is 92.1 Å². The van der Waals surface area contributed by atoms with Crippen LogP contribution in [0.15, 0.2) is 0 Å². The van der Waals surface area contributed by atoms with Crippen LogP contribution in [-0.4, -0.2) is 24.4 Å². The van der Waals surface area contributed by atoms with Gasteiger partial charge in [0.1, 0.15) is 0 Å². The summed E-state index contributed by atoms with van der Waals surface area (Å²) in [6.45, 7) is 2.63. The van der Waals surface area contributed by atoms with Crippen molar-refractivity contribution in [3.63, 3.8) is 0 Å². The van der Waals surface area contributed by atoms with Gasteiger partial charge in [-0.15, -0.1) is 0 Å². The van der Waals surface area contributed by atoms with E-state index in [2.05, 4.69) is 13.0 Å². The molecule has 3 heteroatoms. The first-order valence-electron chi connectivity index (χ1n) is 5.73. The van der Waals surface area contributed by atoms with Gasteiger partial charge in [0.25, 0.3) is 0 Å². The first kappa shape index (κ1) is 12.0. The van der Waals surface area contributed by atoms with Gasteiger partial charge >= 0.3 is 0 Å². The molecule has 0 aromatic heterocycles. The molecule has 0 unspecified atom stereocenters. The predicted molar refractivity (Wildman–Crippen MR) is 59.1 cm³/mol. The average Bonchev–Trinajstić information content (AvgIpc) is 2.26. The first-order valence-corrected chi connectivity index (χ1v) is 5.73. The van der Waals surface area contributed by atoms with Crippen molar-refractivity contribution in [2.45, 2.75) is 45.4 Å². The van der Waals surface area contributed by atoms with Crippen molar-refractivity contribution in [2.75, 3.05) is 13.6 Å². The molecule has 1 rings (SSSR count). The Morgan fingerprint density at radius 3 is 2.53 bits per heavy atom. The number of amides is 1. The summed E-state index contributed by atoms with van der Waals surface area (Å²) in [5.41, 5.74) is -0.164. The standard InChI is InChI=1S/C12H20N2O/c1-12(7-4-3-5-8-12)11(15)14(2)10-6-9-13/h3-8,10H2,1-2H3. The van der Waals surface area contributed by atoms with Gasteiger partial charge in [-0.2, -0.15) is 5.26 Å². The summed E-state index contributed by atoms with van der Waals surface area (Å²) in [5, 5.41) is 8.48. The average molecular weight is 208 g/mol. The molecule has 1 saturated carbocycles. The Kier molecular flexibility index (Phi) is 4.14. The van der Waals surface area contributed by atoms with Gasteiger partial charge in [0.05, 0.1) is 12.5 Å². The minimum atomic E-state index is -0.164. The van der Waals surface area contributed by atoms with E-state index in [0.717, 1.165) is 25.7 Å². The normalized spacial score (nSPS) is 19.3. The van der Waals surface area contributed by atoms with E-state index in [4.69, 9.17) is 5.26 Å². The Bertz CT molecular complexity index is 261. The molecule has 15 heavy (non-hydrogen) atoms. The van der Waals surface area contributed by atoms with E-state index >= 15 is 0 Å². The van der Waals surface area contributed by atoms with Gasteiger partial charge in [0.2, 0.25) is 5.91 Å². The summed E-state index contributed by atoms with van der Waals surface area (Å²) >= 11 is 0. The highest BCUT2D eigenvalue weighted by atomic mass is 16.2. The van der Waals surface area contributed by atoms with Gasteiger partial charge in [-0.1, -0.05) is 26.2 Å². The molecule has 0 bridgehead atoms. The maximum Gasteiger partial charge on any atom is 0.228 e. The summed E-state index contributed by atoms with van der Waals surface area (Å²) < 4.78 is 0. The van der Waals surface area contributed by atoms with Gasteiger partial charge in [0.15, 0.2) is 0 Å². The van der Waals surface area contributed by atoms with Crippen LogP contribution >= 0.6 is 0 Å². The van der Waals surface area contributed by atoms with Crippen LogP contribution in [0.3, 0.4) is 0 Å². The van der Waals surface area contributed by atoms with E-state index in [1.54, 1.807) is 11.9 Å². The monoisotopic (exact) mass is 208 g/mol. The molecule has 0 heterocycles. The number of carbonyl (C=O) groups is 1. The Morgan fingerprint density at radius 2 is 2.00 bits per heavy atom. The van der Waals surface area contributed by atoms with Gasteiger partial charge in [0, 0.05) is 19.0 Å². The SMILES string of the molecule is CN(CCC#N)C(=O)C1(C)CCCCC1. The molecule has 0 N–H and O–H groups in total. The van der Waals surface area contributed by atoms with Gasteiger partial charge in [-0.3, -0.25) is 4.79 Å². The first-order chi connectivity index (χ1) is 7.10. The zero-order valence-electron chi connectivity index (χ0n) is 9.75. The second kappa shape index (κ2) is 5.16. The fraction of sp³-hybridized carbons (Fsp3) is 0.833. The summed E-state index contributed by atoms with van der Waals surface area (Å²) in [5.74, 6) is 0.220. The predicted octanol–water partition coefficient (Wildman–Crippen LogP) is 2.33. The van der Waals surface area contributed by atoms with Gasteiger partial charge < -0.3 is 4.90 Å². The Balaban J connectivity index is 2.54. The molecule has 3 nitrogen and oxygen atoms in total. The number of nitriles is 1. The van der Waals surface area contributed by atoms with Crippen molar-refractivity contribution in [3.8, 4) is 6.07 Å². The van der Waals surface area contributed by atoms with Crippen LogP contribution in [0, 0.1) is 16.7 Å². The highest BCUT2D eigenvalue weighted by Crippen LogP contribution is 2.37. The number of rotatable bonds is 3. The topological polar surface area (TPSA) is 44.1 Å². The van der Waals surface area contributed by atoms with Crippen LogP contribution in [-0.2, 0) is 4.79 Å². The molecule has 84 valence electrons. The molecule has 0 radical (unpaired) electrons.